The lowest BCUT2D eigenvalue weighted by molar-refractivity contribution is -0.120. The summed E-state index contributed by atoms with van der Waals surface area (Å²) in [5, 5.41) is 3.69. The summed E-state index contributed by atoms with van der Waals surface area (Å²) in [5.41, 5.74) is 3.05. The van der Waals surface area contributed by atoms with Gasteiger partial charge in [-0.1, -0.05) is 31.4 Å². The Kier molecular flexibility index (Phi) is 4.53. The molecule has 3 aromatic rings. The van der Waals surface area contributed by atoms with Crippen LogP contribution in [-0.4, -0.2) is 19.6 Å². The van der Waals surface area contributed by atoms with Gasteiger partial charge in [-0.05, 0) is 24.5 Å². The molecule has 1 N–H and O–H groups in total. The number of aromatic nitrogens is 3. The average Bonchev–Trinajstić information content (AvgIpc) is 3.25. The molecule has 124 valence electrons. The first kappa shape index (κ1) is 15.7. The highest BCUT2D eigenvalue weighted by molar-refractivity contribution is 7.15. The fourth-order valence-electron chi connectivity index (χ4n) is 3.21. The zero-order valence-electron chi connectivity index (χ0n) is 13.2. The third-order valence-corrected chi connectivity index (χ3v) is 5.95. The first-order valence-corrected chi connectivity index (χ1v) is 9.80. The summed E-state index contributed by atoms with van der Waals surface area (Å²) in [6, 6.07) is 6.06. The largest absolute Gasteiger partial charge is 0.302 e. The Morgan fingerprint density at radius 1 is 1.21 bits per heavy atom. The Morgan fingerprint density at radius 3 is 2.96 bits per heavy atom. The van der Waals surface area contributed by atoms with Crippen LogP contribution in [-0.2, 0) is 11.2 Å². The zero-order valence-corrected chi connectivity index (χ0v) is 14.8. The normalized spacial score (nSPS) is 15.7. The summed E-state index contributed by atoms with van der Waals surface area (Å²) in [5.74, 6) is 0.280. The maximum atomic E-state index is 12.3. The van der Waals surface area contributed by atoms with Crippen LogP contribution < -0.4 is 5.32 Å². The number of hydrogen-bond donors (Lipinski definition) is 1. The van der Waals surface area contributed by atoms with Crippen molar-refractivity contribution in [2.45, 2.75) is 38.5 Å². The first-order chi connectivity index (χ1) is 11.8. The van der Waals surface area contributed by atoms with Gasteiger partial charge in [0.15, 0.2) is 5.13 Å². The van der Waals surface area contributed by atoms with Crippen molar-refractivity contribution < 1.29 is 4.79 Å². The van der Waals surface area contributed by atoms with Gasteiger partial charge in [0, 0.05) is 23.4 Å². The molecule has 4 rings (SSSR count). The highest BCUT2D eigenvalue weighted by Crippen LogP contribution is 2.27. The Balaban J connectivity index is 1.45. The molecule has 1 saturated carbocycles. The standard InChI is InChI=1S/C17H18N4OS2/c22-16(11-5-2-1-3-6-11)19-17-18-10-13(23-17)9-12-7-4-8-14-15(12)21-24-20-14/h4,7-8,10-11H,1-3,5-6,9H2,(H,18,19,22). The van der Waals surface area contributed by atoms with Crippen molar-refractivity contribution in [3.05, 3.63) is 34.8 Å². The summed E-state index contributed by atoms with van der Waals surface area (Å²) in [6.45, 7) is 0. The Bertz CT molecular complexity index is 851. The van der Waals surface area contributed by atoms with Crippen LogP contribution in [0.5, 0.6) is 0 Å². The van der Waals surface area contributed by atoms with Crippen LogP contribution in [0.1, 0.15) is 42.5 Å². The molecule has 1 aliphatic carbocycles. The molecule has 0 aliphatic heterocycles. The maximum Gasteiger partial charge on any atom is 0.229 e. The number of nitrogens with zero attached hydrogens (tertiary/aromatic N) is 3. The minimum absolute atomic E-state index is 0.126. The molecule has 0 bridgehead atoms. The van der Waals surface area contributed by atoms with Gasteiger partial charge in [0.1, 0.15) is 11.0 Å². The van der Waals surface area contributed by atoms with Gasteiger partial charge < -0.3 is 5.32 Å². The first-order valence-electron chi connectivity index (χ1n) is 8.25. The lowest BCUT2D eigenvalue weighted by Crippen LogP contribution is -2.24. The molecule has 0 atom stereocenters. The van der Waals surface area contributed by atoms with Crippen molar-refractivity contribution in [3.8, 4) is 0 Å². The smallest absolute Gasteiger partial charge is 0.229 e. The fraction of sp³-hybridized carbons (Fsp3) is 0.412. The number of thiazole rings is 1. The summed E-state index contributed by atoms with van der Waals surface area (Å²) in [7, 11) is 0. The Labute approximate surface area is 148 Å². The van der Waals surface area contributed by atoms with E-state index in [0.717, 1.165) is 53.6 Å². The van der Waals surface area contributed by atoms with Crippen molar-refractivity contribution in [2.75, 3.05) is 5.32 Å². The fourth-order valence-corrected chi connectivity index (χ4v) is 4.62. The van der Waals surface area contributed by atoms with Gasteiger partial charge in [-0.15, -0.1) is 11.3 Å². The molecule has 1 fully saturated rings. The lowest BCUT2D eigenvalue weighted by atomic mass is 9.89. The lowest BCUT2D eigenvalue weighted by Gasteiger charge is -2.19. The Hall–Kier alpha value is -1.86. The molecule has 0 saturated heterocycles. The predicted octanol–water partition coefficient (Wildman–Crippen LogP) is 4.26. The minimum atomic E-state index is 0.126. The number of anilines is 1. The van der Waals surface area contributed by atoms with Gasteiger partial charge in [-0.25, -0.2) is 4.98 Å². The van der Waals surface area contributed by atoms with Crippen molar-refractivity contribution in [3.63, 3.8) is 0 Å². The van der Waals surface area contributed by atoms with E-state index in [4.69, 9.17) is 0 Å². The van der Waals surface area contributed by atoms with E-state index in [0.29, 0.717) is 5.13 Å². The van der Waals surface area contributed by atoms with E-state index in [1.165, 1.54) is 18.1 Å². The molecule has 7 heteroatoms. The van der Waals surface area contributed by atoms with E-state index in [1.807, 2.05) is 18.3 Å². The number of amides is 1. The van der Waals surface area contributed by atoms with Crippen LogP contribution in [0.4, 0.5) is 5.13 Å². The third-order valence-electron chi connectivity index (χ3n) is 4.49. The van der Waals surface area contributed by atoms with E-state index in [2.05, 4.69) is 25.1 Å². The van der Waals surface area contributed by atoms with E-state index in [9.17, 15) is 4.79 Å². The number of nitrogens with one attached hydrogen (secondary N) is 1. The molecule has 2 aromatic heterocycles. The zero-order chi connectivity index (χ0) is 16.4. The van der Waals surface area contributed by atoms with Crippen LogP contribution in [0.15, 0.2) is 24.4 Å². The summed E-state index contributed by atoms with van der Waals surface area (Å²) < 4.78 is 8.65. The van der Waals surface area contributed by atoms with Crippen molar-refractivity contribution in [2.24, 2.45) is 5.92 Å². The van der Waals surface area contributed by atoms with Crippen LogP contribution in [0.2, 0.25) is 0 Å². The summed E-state index contributed by atoms with van der Waals surface area (Å²) in [6.07, 6.45) is 8.19. The van der Waals surface area contributed by atoms with Gasteiger partial charge in [0.2, 0.25) is 5.91 Å². The summed E-state index contributed by atoms with van der Waals surface area (Å²) in [4.78, 5) is 17.8. The van der Waals surface area contributed by atoms with Crippen molar-refractivity contribution >= 4 is 45.1 Å². The van der Waals surface area contributed by atoms with Crippen molar-refractivity contribution in [1.29, 1.82) is 0 Å². The van der Waals surface area contributed by atoms with Gasteiger partial charge >= 0.3 is 0 Å². The number of carbonyl (C=O) groups excluding carboxylic acids is 1. The number of benzene rings is 1. The van der Waals surface area contributed by atoms with Crippen LogP contribution >= 0.6 is 23.1 Å². The summed E-state index contributed by atoms with van der Waals surface area (Å²) >= 11 is 2.78. The van der Waals surface area contributed by atoms with Gasteiger partial charge in [0.25, 0.3) is 0 Å². The second-order valence-electron chi connectivity index (χ2n) is 6.18. The quantitative estimate of drug-likeness (QED) is 0.757. The SMILES string of the molecule is O=C(Nc1ncc(Cc2cccc3nsnc23)s1)C1CCCCC1. The molecule has 0 radical (unpaired) electrons. The molecular weight excluding hydrogens is 340 g/mol. The number of hydrogen-bond acceptors (Lipinski definition) is 6. The van der Waals surface area contributed by atoms with E-state index in [1.54, 1.807) is 11.3 Å². The van der Waals surface area contributed by atoms with Gasteiger partial charge in [-0.3, -0.25) is 4.79 Å². The van der Waals surface area contributed by atoms with Crippen LogP contribution in [0, 0.1) is 5.92 Å². The number of rotatable bonds is 4. The third kappa shape index (κ3) is 3.32. The van der Waals surface area contributed by atoms with Crippen molar-refractivity contribution in [1.82, 2.24) is 13.7 Å². The topological polar surface area (TPSA) is 67.8 Å². The van der Waals surface area contributed by atoms with Gasteiger partial charge in [0.05, 0.1) is 11.7 Å². The second-order valence-corrected chi connectivity index (χ2v) is 7.83. The molecule has 5 nitrogen and oxygen atoms in total. The molecule has 1 aromatic carbocycles. The van der Waals surface area contributed by atoms with E-state index >= 15 is 0 Å². The second kappa shape index (κ2) is 6.94. The van der Waals surface area contributed by atoms with Crippen LogP contribution in [0.3, 0.4) is 0 Å². The average molecular weight is 358 g/mol. The molecule has 24 heavy (non-hydrogen) atoms. The predicted molar refractivity (Wildman–Crippen MR) is 97.5 cm³/mol. The molecular formula is C17H18N4OS2. The number of fused-ring (bicyclic) bond motifs is 1. The van der Waals surface area contributed by atoms with E-state index < -0.39 is 0 Å². The molecule has 0 unspecified atom stereocenters. The molecule has 1 aliphatic rings. The minimum Gasteiger partial charge on any atom is -0.302 e. The monoisotopic (exact) mass is 358 g/mol. The highest BCUT2D eigenvalue weighted by atomic mass is 32.1. The number of carbonyl (C=O) groups is 1. The maximum absolute atomic E-state index is 12.3. The molecule has 2 heterocycles. The Morgan fingerprint density at radius 2 is 2.08 bits per heavy atom. The highest BCUT2D eigenvalue weighted by Gasteiger charge is 2.21. The van der Waals surface area contributed by atoms with E-state index in [-0.39, 0.29) is 11.8 Å². The van der Waals surface area contributed by atoms with Crippen LogP contribution in [0.25, 0.3) is 11.0 Å². The molecule has 1 amide bonds. The van der Waals surface area contributed by atoms with Gasteiger partial charge in [-0.2, -0.15) is 8.75 Å². The molecule has 0 spiro atoms.